The zero-order chi connectivity index (χ0) is 17.7. The normalized spacial score (nSPS) is 12.2. The lowest BCUT2D eigenvalue weighted by Gasteiger charge is -2.18. The number of aromatic nitrogens is 1. The summed E-state index contributed by atoms with van der Waals surface area (Å²) in [7, 11) is 1.33. The van der Waals surface area contributed by atoms with E-state index >= 15 is 0 Å². The number of halogens is 1. The molecule has 0 aliphatic rings. The van der Waals surface area contributed by atoms with Crippen molar-refractivity contribution < 1.29 is 14.3 Å². The van der Waals surface area contributed by atoms with Crippen LogP contribution < -0.4 is 5.32 Å². The van der Waals surface area contributed by atoms with Crippen molar-refractivity contribution in [1.82, 2.24) is 10.3 Å². The number of amides is 1. The summed E-state index contributed by atoms with van der Waals surface area (Å²) in [5.74, 6) is -0.368. The Bertz CT molecular complexity index is 712. The molecule has 1 amide bonds. The molecule has 0 aliphatic carbocycles. The van der Waals surface area contributed by atoms with Gasteiger partial charge in [-0.15, -0.1) is 22.7 Å². The van der Waals surface area contributed by atoms with Gasteiger partial charge in [-0.05, 0) is 34.3 Å². The lowest BCUT2D eigenvalue weighted by Crippen LogP contribution is -2.43. The molecular weight excluding hydrogens is 412 g/mol. The van der Waals surface area contributed by atoms with Gasteiger partial charge in [0.1, 0.15) is 11.0 Å². The van der Waals surface area contributed by atoms with E-state index in [9.17, 15) is 9.59 Å². The van der Waals surface area contributed by atoms with E-state index in [0.29, 0.717) is 12.1 Å². The van der Waals surface area contributed by atoms with E-state index in [1.54, 1.807) is 11.3 Å². The molecule has 0 bridgehead atoms. The molecule has 1 atom stereocenters. The van der Waals surface area contributed by atoms with Crippen LogP contribution in [0.25, 0.3) is 9.88 Å². The van der Waals surface area contributed by atoms with Crippen molar-refractivity contribution >= 4 is 50.5 Å². The van der Waals surface area contributed by atoms with Gasteiger partial charge in [0.2, 0.25) is 5.91 Å². The maximum Gasteiger partial charge on any atom is 0.328 e. The maximum absolute atomic E-state index is 12.2. The molecule has 24 heavy (non-hydrogen) atoms. The van der Waals surface area contributed by atoms with Crippen molar-refractivity contribution in [3.63, 3.8) is 0 Å². The molecule has 0 fully saturated rings. The number of thiazole rings is 1. The first-order valence-electron chi connectivity index (χ1n) is 7.45. The number of hydrogen-bond acceptors (Lipinski definition) is 6. The van der Waals surface area contributed by atoms with Crippen LogP contribution in [0, 0.1) is 5.92 Å². The second kappa shape index (κ2) is 8.73. The third-order valence-electron chi connectivity index (χ3n) is 3.20. The molecule has 1 N–H and O–H groups in total. The number of nitrogens with zero attached hydrogens (tertiary/aromatic N) is 1. The van der Waals surface area contributed by atoms with Crippen LogP contribution in [0.2, 0.25) is 0 Å². The number of methoxy groups -OCH3 is 1. The number of thiophene rings is 1. The summed E-state index contributed by atoms with van der Waals surface area (Å²) in [6.45, 7) is 3.99. The number of nitrogens with one attached hydrogen (secondary N) is 1. The Kier molecular flexibility index (Phi) is 6.94. The monoisotopic (exact) mass is 430 g/mol. The van der Waals surface area contributed by atoms with Gasteiger partial charge in [-0.1, -0.05) is 13.8 Å². The van der Waals surface area contributed by atoms with Crippen LogP contribution in [0.1, 0.15) is 26.0 Å². The van der Waals surface area contributed by atoms with E-state index in [4.69, 9.17) is 4.74 Å². The molecule has 2 heterocycles. The van der Waals surface area contributed by atoms with E-state index in [2.05, 4.69) is 26.2 Å². The van der Waals surface area contributed by atoms with Crippen LogP contribution in [0.5, 0.6) is 0 Å². The minimum atomic E-state index is -0.617. The van der Waals surface area contributed by atoms with Gasteiger partial charge < -0.3 is 10.1 Å². The standard InChI is InChI=1S/C16H19BrN2O3S2/c1-9(2)4-12(16(21)22-3)19-14(20)6-11-8-24-15(18-11)13-5-10(17)7-23-13/h5,7-9,12H,4,6H2,1-3H3,(H,19,20)/t12-/m0/s1. The molecule has 0 aliphatic heterocycles. The minimum Gasteiger partial charge on any atom is -0.467 e. The Labute approximate surface area is 157 Å². The van der Waals surface area contributed by atoms with Crippen molar-refractivity contribution in [2.75, 3.05) is 7.11 Å². The lowest BCUT2D eigenvalue weighted by atomic mass is 10.0. The zero-order valence-electron chi connectivity index (χ0n) is 13.7. The largest absolute Gasteiger partial charge is 0.467 e. The predicted octanol–water partition coefficient (Wildman–Crippen LogP) is 3.88. The summed E-state index contributed by atoms with van der Waals surface area (Å²) in [6, 6.07) is 1.39. The van der Waals surface area contributed by atoms with Crippen molar-refractivity contribution in [3.8, 4) is 9.88 Å². The fourth-order valence-electron chi connectivity index (χ4n) is 2.16. The number of ether oxygens (including phenoxy) is 1. The van der Waals surface area contributed by atoms with E-state index in [1.165, 1.54) is 18.4 Å². The third-order valence-corrected chi connectivity index (χ3v) is 5.95. The van der Waals surface area contributed by atoms with Crippen LogP contribution in [0.3, 0.4) is 0 Å². The van der Waals surface area contributed by atoms with Crippen molar-refractivity contribution in [3.05, 3.63) is 27.0 Å². The van der Waals surface area contributed by atoms with Gasteiger partial charge in [0, 0.05) is 15.2 Å². The highest BCUT2D eigenvalue weighted by Gasteiger charge is 2.23. The first kappa shape index (κ1) is 19.1. The number of carbonyl (C=O) groups is 2. The van der Waals surface area contributed by atoms with Gasteiger partial charge in [-0.3, -0.25) is 4.79 Å². The average molecular weight is 431 g/mol. The molecule has 8 heteroatoms. The number of rotatable bonds is 7. The first-order valence-corrected chi connectivity index (χ1v) is 10.00. The van der Waals surface area contributed by atoms with Gasteiger partial charge >= 0.3 is 5.97 Å². The van der Waals surface area contributed by atoms with Crippen LogP contribution in [0.15, 0.2) is 21.3 Å². The summed E-state index contributed by atoms with van der Waals surface area (Å²) >= 11 is 6.53. The SMILES string of the molecule is COC(=O)[C@H](CC(C)C)NC(=O)Cc1csc(-c2cc(Br)cs2)n1. The minimum absolute atomic E-state index is 0.147. The molecule has 0 radical (unpaired) electrons. The highest BCUT2D eigenvalue weighted by molar-refractivity contribution is 9.10. The Balaban J connectivity index is 1.98. The second-order valence-electron chi connectivity index (χ2n) is 5.72. The Morgan fingerprint density at radius 2 is 2.08 bits per heavy atom. The molecular formula is C16H19BrN2O3S2. The molecule has 5 nitrogen and oxygen atoms in total. The summed E-state index contributed by atoms with van der Waals surface area (Å²) in [5.41, 5.74) is 0.699. The third kappa shape index (κ3) is 5.39. The highest BCUT2D eigenvalue weighted by Crippen LogP contribution is 2.32. The van der Waals surface area contributed by atoms with Gasteiger partial charge in [-0.25, -0.2) is 9.78 Å². The van der Waals surface area contributed by atoms with Gasteiger partial charge in [0.15, 0.2) is 0 Å². The van der Waals surface area contributed by atoms with Crippen molar-refractivity contribution in [1.29, 1.82) is 0 Å². The van der Waals surface area contributed by atoms with E-state index in [-0.39, 0.29) is 18.2 Å². The summed E-state index contributed by atoms with van der Waals surface area (Å²) < 4.78 is 5.78. The maximum atomic E-state index is 12.2. The molecule has 130 valence electrons. The van der Waals surface area contributed by atoms with Crippen LogP contribution in [-0.4, -0.2) is 30.0 Å². The molecule has 2 aromatic rings. The molecule has 0 spiro atoms. The average Bonchev–Trinajstić information content (AvgIpc) is 3.14. The highest BCUT2D eigenvalue weighted by atomic mass is 79.9. The zero-order valence-corrected chi connectivity index (χ0v) is 16.9. The summed E-state index contributed by atoms with van der Waals surface area (Å²) in [6.07, 6.45) is 0.693. The number of hydrogen-bond donors (Lipinski definition) is 1. The van der Waals surface area contributed by atoms with Crippen LogP contribution in [0.4, 0.5) is 0 Å². The molecule has 0 saturated carbocycles. The number of esters is 1. The Morgan fingerprint density at radius 3 is 2.67 bits per heavy atom. The summed E-state index contributed by atoms with van der Waals surface area (Å²) in [4.78, 5) is 29.5. The fraction of sp³-hybridized carbons (Fsp3) is 0.438. The van der Waals surface area contributed by atoms with Gasteiger partial charge in [-0.2, -0.15) is 0 Å². The van der Waals surface area contributed by atoms with Crippen LogP contribution >= 0.6 is 38.6 Å². The predicted molar refractivity (Wildman–Crippen MR) is 100 cm³/mol. The molecule has 0 saturated heterocycles. The molecule has 2 aromatic heterocycles. The lowest BCUT2D eigenvalue weighted by molar-refractivity contribution is -0.145. The Morgan fingerprint density at radius 1 is 1.33 bits per heavy atom. The smallest absolute Gasteiger partial charge is 0.328 e. The van der Waals surface area contributed by atoms with E-state index in [1.807, 2.05) is 30.7 Å². The van der Waals surface area contributed by atoms with Crippen molar-refractivity contribution in [2.45, 2.75) is 32.7 Å². The topological polar surface area (TPSA) is 68.3 Å². The fourth-order valence-corrected chi connectivity index (χ4v) is 4.49. The van der Waals surface area contributed by atoms with E-state index < -0.39 is 12.0 Å². The molecule has 0 unspecified atom stereocenters. The molecule has 0 aromatic carbocycles. The quantitative estimate of drug-likeness (QED) is 0.676. The summed E-state index contributed by atoms with van der Waals surface area (Å²) in [5, 5.41) is 7.51. The molecule has 2 rings (SSSR count). The first-order chi connectivity index (χ1) is 11.4. The second-order valence-corrected chi connectivity index (χ2v) is 8.41. The van der Waals surface area contributed by atoms with Crippen LogP contribution in [-0.2, 0) is 20.7 Å². The van der Waals surface area contributed by atoms with E-state index in [0.717, 1.165) is 14.4 Å². The van der Waals surface area contributed by atoms with Crippen molar-refractivity contribution in [2.24, 2.45) is 5.92 Å². The Hall–Kier alpha value is -1.25. The number of carbonyl (C=O) groups excluding carboxylic acids is 2. The van der Waals surface area contributed by atoms with Gasteiger partial charge in [0.05, 0.1) is 24.1 Å². The van der Waals surface area contributed by atoms with Gasteiger partial charge in [0.25, 0.3) is 0 Å².